The molecule has 1 fully saturated rings. The Morgan fingerprint density at radius 1 is 1.07 bits per heavy atom. The molecule has 0 amide bonds. The molecule has 160 valence electrons. The Morgan fingerprint density at radius 2 is 1.90 bits per heavy atom. The Morgan fingerprint density at radius 3 is 2.63 bits per heavy atom. The minimum absolute atomic E-state index is 0.278. The average Bonchev–Trinajstić information content (AvgIpc) is 3.44. The summed E-state index contributed by atoms with van der Waals surface area (Å²) in [6.45, 7) is 11.6. The average molecular weight is 425 g/mol. The van der Waals surface area contributed by atoms with Crippen LogP contribution in [0.4, 0.5) is 5.69 Å². The number of nitrogens with zero attached hydrogens (tertiary/aromatic N) is 6. The van der Waals surface area contributed by atoms with Gasteiger partial charge in [-0.25, -0.2) is 4.68 Å². The normalized spacial score (nSPS) is 16.2. The number of unbranched alkanes of at least 4 members (excludes halogenated alkanes) is 1. The number of hydrogen-bond acceptors (Lipinski definition) is 6. The van der Waals surface area contributed by atoms with E-state index in [9.17, 15) is 0 Å². The van der Waals surface area contributed by atoms with Gasteiger partial charge in [-0.1, -0.05) is 38.0 Å². The van der Waals surface area contributed by atoms with Crippen LogP contribution in [0.3, 0.4) is 0 Å². The van der Waals surface area contributed by atoms with E-state index in [0.29, 0.717) is 0 Å². The van der Waals surface area contributed by atoms with Gasteiger partial charge in [0.2, 0.25) is 0 Å². The monoisotopic (exact) mass is 424 g/mol. The second-order valence-corrected chi connectivity index (χ2v) is 9.21. The molecule has 3 heterocycles. The maximum Gasteiger partial charge on any atom is 0.168 e. The molecule has 1 saturated heterocycles. The van der Waals surface area contributed by atoms with Crippen molar-refractivity contribution in [3.05, 3.63) is 57.5 Å². The largest absolute Gasteiger partial charge is 0.369 e. The highest BCUT2D eigenvalue weighted by Crippen LogP contribution is 2.29. The van der Waals surface area contributed by atoms with Crippen molar-refractivity contribution >= 4 is 17.0 Å². The second-order valence-electron chi connectivity index (χ2n) is 8.17. The van der Waals surface area contributed by atoms with Crippen LogP contribution in [0.15, 0.2) is 35.7 Å². The third-order valence-corrected chi connectivity index (χ3v) is 7.11. The zero-order chi connectivity index (χ0) is 20.9. The number of aromatic nitrogens is 4. The molecule has 0 aliphatic carbocycles. The van der Waals surface area contributed by atoms with Crippen molar-refractivity contribution in [1.29, 1.82) is 0 Å². The van der Waals surface area contributed by atoms with Gasteiger partial charge in [0, 0.05) is 36.7 Å². The van der Waals surface area contributed by atoms with Crippen LogP contribution in [-0.2, 0) is 6.54 Å². The van der Waals surface area contributed by atoms with E-state index in [0.717, 1.165) is 45.0 Å². The summed E-state index contributed by atoms with van der Waals surface area (Å²) in [7, 11) is 0. The minimum atomic E-state index is 0.278. The van der Waals surface area contributed by atoms with Crippen molar-refractivity contribution in [2.75, 3.05) is 31.1 Å². The third-order valence-electron chi connectivity index (χ3n) is 6.25. The Bertz CT molecular complexity index is 927. The zero-order valence-electron chi connectivity index (χ0n) is 18.3. The predicted octanol–water partition coefficient (Wildman–Crippen LogP) is 4.45. The molecule has 0 radical (unpaired) electrons. The summed E-state index contributed by atoms with van der Waals surface area (Å²) in [5, 5.41) is 15.0. The van der Waals surface area contributed by atoms with Gasteiger partial charge in [0.25, 0.3) is 0 Å². The van der Waals surface area contributed by atoms with Crippen LogP contribution < -0.4 is 4.90 Å². The fourth-order valence-corrected chi connectivity index (χ4v) is 5.02. The first-order valence-electron chi connectivity index (χ1n) is 11.0. The first kappa shape index (κ1) is 21.0. The summed E-state index contributed by atoms with van der Waals surface area (Å²) in [4.78, 5) is 6.41. The molecular formula is C23H32N6S. The van der Waals surface area contributed by atoms with Crippen LogP contribution in [0.25, 0.3) is 0 Å². The quantitative estimate of drug-likeness (QED) is 0.535. The van der Waals surface area contributed by atoms with Gasteiger partial charge in [-0.2, -0.15) is 0 Å². The van der Waals surface area contributed by atoms with Gasteiger partial charge < -0.3 is 4.90 Å². The number of rotatable bonds is 8. The molecule has 30 heavy (non-hydrogen) atoms. The highest BCUT2D eigenvalue weighted by molar-refractivity contribution is 7.09. The van der Waals surface area contributed by atoms with Gasteiger partial charge in [0.1, 0.15) is 0 Å². The third kappa shape index (κ3) is 4.57. The van der Waals surface area contributed by atoms with Gasteiger partial charge in [-0.15, -0.1) is 16.4 Å². The van der Waals surface area contributed by atoms with Crippen molar-refractivity contribution in [2.24, 2.45) is 0 Å². The molecule has 4 rings (SSSR count). The molecule has 0 unspecified atom stereocenters. The van der Waals surface area contributed by atoms with Crippen LogP contribution in [0.1, 0.15) is 54.1 Å². The van der Waals surface area contributed by atoms with E-state index in [-0.39, 0.29) is 6.04 Å². The van der Waals surface area contributed by atoms with Gasteiger partial charge in [0.05, 0.1) is 12.6 Å². The summed E-state index contributed by atoms with van der Waals surface area (Å²) >= 11 is 1.76. The predicted molar refractivity (Wildman–Crippen MR) is 123 cm³/mol. The fraction of sp³-hybridized carbons (Fsp3) is 0.522. The van der Waals surface area contributed by atoms with E-state index in [1.807, 2.05) is 4.68 Å². The number of hydrogen-bond donors (Lipinski definition) is 0. The van der Waals surface area contributed by atoms with E-state index in [2.05, 4.69) is 81.8 Å². The summed E-state index contributed by atoms with van der Waals surface area (Å²) < 4.78 is 2.00. The van der Waals surface area contributed by atoms with E-state index >= 15 is 0 Å². The molecule has 6 nitrogen and oxygen atoms in total. The lowest BCUT2D eigenvalue weighted by molar-refractivity contribution is 0.163. The molecule has 1 aliphatic rings. The Balaban J connectivity index is 1.49. The Kier molecular flexibility index (Phi) is 6.79. The molecule has 0 spiro atoms. The maximum atomic E-state index is 4.48. The molecule has 0 saturated carbocycles. The smallest absolute Gasteiger partial charge is 0.168 e. The van der Waals surface area contributed by atoms with E-state index < -0.39 is 0 Å². The first-order valence-corrected chi connectivity index (χ1v) is 11.9. The van der Waals surface area contributed by atoms with Gasteiger partial charge >= 0.3 is 0 Å². The lowest BCUT2D eigenvalue weighted by atomic mass is 10.0. The van der Waals surface area contributed by atoms with E-state index in [1.165, 1.54) is 34.5 Å². The molecule has 3 aromatic rings. The number of aryl methyl sites for hydroxylation is 1. The molecule has 1 aliphatic heterocycles. The van der Waals surface area contributed by atoms with Crippen molar-refractivity contribution in [1.82, 2.24) is 25.1 Å². The lowest BCUT2D eigenvalue weighted by Gasteiger charge is -2.40. The molecule has 2 aromatic heterocycles. The molecule has 0 N–H and O–H groups in total. The molecule has 7 heteroatoms. The zero-order valence-corrected chi connectivity index (χ0v) is 19.1. The van der Waals surface area contributed by atoms with Crippen molar-refractivity contribution in [2.45, 2.75) is 52.6 Å². The SMILES string of the molecule is CCCC[C@H](c1nnnn1Cc1cccs1)N1CCN(c2cccc(C)c2C)CC1. The maximum absolute atomic E-state index is 4.48. The Hall–Kier alpha value is -2.25. The van der Waals surface area contributed by atoms with Crippen molar-refractivity contribution in [3.8, 4) is 0 Å². The van der Waals surface area contributed by atoms with Crippen molar-refractivity contribution in [3.63, 3.8) is 0 Å². The fourth-order valence-electron chi connectivity index (χ4n) is 4.34. The topological polar surface area (TPSA) is 50.1 Å². The Labute approximate surface area is 183 Å². The number of anilines is 1. The van der Waals surface area contributed by atoms with Gasteiger partial charge in [-0.05, 0) is 59.3 Å². The minimum Gasteiger partial charge on any atom is -0.369 e. The number of piperazine rings is 1. The highest BCUT2D eigenvalue weighted by Gasteiger charge is 2.29. The van der Waals surface area contributed by atoms with Gasteiger partial charge in [-0.3, -0.25) is 4.90 Å². The van der Waals surface area contributed by atoms with Crippen LogP contribution in [0, 0.1) is 13.8 Å². The number of benzene rings is 1. The summed E-state index contributed by atoms with van der Waals surface area (Å²) in [6.07, 6.45) is 3.48. The number of tetrazole rings is 1. The lowest BCUT2D eigenvalue weighted by Crippen LogP contribution is -2.48. The van der Waals surface area contributed by atoms with Gasteiger partial charge in [0.15, 0.2) is 5.82 Å². The molecular weight excluding hydrogens is 392 g/mol. The highest BCUT2D eigenvalue weighted by atomic mass is 32.1. The molecule has 1 atom stereocenters. The van der Waals surface area contributed by atoms with Crippen LogP contribution in [-0.4, -0.2) is 51.3 Å². The van der Waals surface area contributed by atoms with E-state index in [1.54, 1.807) is 11.3 Å². The molecule has 1 aromatic carbocycles. The summed E-state index contributed by atoms with van der Waals surface area (Å²) in [5.74, 6) is 1.01. The van der Waals surface area contributed by atoms with Crippen LogP contribution in [0.2, 0.25) is 0 Å². The standard InChI is InChI=1S/C23H32N6S/c1-4-5-10-22(23-24-25-26-29(23)17-20-9-7-16-30-20)28-14-12-27(13-15-28)21-11-6-8-18(2)19(21)3/h6-9,11,16,22H,4-5,10,12-15,17H2,1-3H3/t22-/m1/s1. The van der Waals surface area contributed by atoms with E-state index in [4.69, 9.17) is 0 Å². The summed E-state index contributed by atoms with van der Waals surface area (Å²) in [5.41, 5.74) is 4.14. The van der Waals surface area contributed by atoms with Crippen molar-refractivity contribution < 1.29 is 0 Å². The number of thiophene rings is 1. The first-order chi connectivity index (χ1) is 14.7. The summed E-state index contributed by atoms with van der Waals surface area (Å²) in [6, 6.07) is 11.1. The van der Waals surface area contributed by atoms with Crippen LogP contribution >= 0.6 is 11.3 Å². The second kappa shape index (κ2) is 9.71. The molecule has 0 bridgehead atoms. The van der Waals surface area contributed by atoms with Crippen LogP contribution in [0.5, 0.6) is 0 Å².